The zero-order chi connectivity index (χ0) is 43.6. The van der Waals surface area contributed by atoms with Crippen LogP contribution in [0.4, 0.5) is 0 Å². The summed E-state index contributed by atoms with van der Waals surface area (Å²) in [7, 11) is 0. The minimum atomic E-state index is 1.20. The van der Waals surface area contributed by atoms with Crippen LogP contribution in [0.5, 0.6) is 0 Å². The second kappa shape index (κ2) is 15.6. The van der Waals surface area contributed by atoms with Crippen LogP contribution in [-0.4, -0.2) is 0 Å². The summed E-state index contributed by atoms with van der Waals surface area (Å²) in [6, 6.07) is 94.5. The second-order valence-electron chi connectivity index (χ2n) is 17.7. The van der Waals surface area contributed by atoms with Crippen LogP contribution in [0.1, 0.15) is 0 Å². The first-order chi connectivity index (χ1) is 32.7. The molecule has 0 aliphatic carbocycles. The molecule has 0 aliphatic heterocycles. The lowest BCUT2D eigenvalue weighted by Crippen LogP contribution is -1.93. The number of hydrogen-bond donors (Lipinski definition) is 0. The van der Waals surface area contributed by atoms with Crippen molar-refractivity contribution in [1.29, 1.82) is 0 Å². The molecule has 0 bridgehead atoms. The maximum atomic E-state index is 2.45. The molecule has 0 heterocycles. The third kappa shape index (κ3) is 6.62. The van der Waals surface area contributed by atoms with Crippen molar-refractivity contribution in [3.05, 3.63) is 255 Å². The van der Waals surface area contributed by atoms with Gasteiger partial charge >= 0.3 is 0 Å². The minimum absolute atomic E-state index is 1.20. The fourth-order valence-electron chi connectivity index (χ4n) is 10.4. The fraction of sp³-hybridized carbons (Fsp3) is 0. The normalized spacial score (nSPS) is 11.6. The molecule has 0 heteroatoms. The molecule has 0 aliphatic rings. The summed E-state index contributed by atoms with van der Waals surface area (Å²) in [5.74, 6) is 0. The van der Waals surface area contributed by atoms with E-state index in [0.29, 0.717) is 0 Å². The van der Waals surface area contributed by atoms with Crippen LogP contribution in [0.2, 0.25) is 0 Å². The molecule has 0 unspecified atom stereocenters. The minimum Gasteiger partial charge on any atom is -0.0622 e. The Bertz CT molecular complexity index is 3760. The average Bonchev–Trinajstić information content (AvgIpc) is 3.39. The summed E-state index contributed by atoms with van der Waals surface area (Å²) in [5, 5.41) is 14.8. The van der Waals surface area contributed by atoms with Gasteiger partial charge in [-0.2, -0.15) is 0 Å². The van der Waals surface area contributed by atoms with E-state index in [4.69, 9.17) is 0 Å². The first-order valence-corrected chi connectivity index (χ1v) is 22.9. The van der Waals surface area contributed by atoms with Gasteiger partial charge in [0, 0.05) is 0 Å². The number of fused-ring (bicyclic) bond motifs is 6. The molecule has 66 heavy (non-hydrogen) atoms. The Morgan fingerprint density at radius 2 is 0.394 bits per heavy atom. The van der Waals surface area contributed by atoms with Crippen molar-refractivity contribution >= 4 is 64.6 Å². The predicted octanol–water partition coefficient (Wildman–Crippen LogP) is 18.6. The van der Waals surface area contributed by atoms with Gasteiger partial charge < -0.3 is 0 Å². The van der Waals surface area contributed by atoms with Gasteiger partial charge in [0.1, 0.15) is 0 Å². The molecular weight excluding hydrogens is 793 g/mol. The predicted molar refractivity (Wildman–Crippen MR) is 284 cm³/mol. The van der Waals surface area contributed by atoms with Gasteiger partial charge in [-0.3, -0.25) is 0 Å². The fourth-order valence-corrected chi connectivity index (χ4v) is 10.4. The maximum Gasteiger partial charge on any atom is -0.00259 e. The molecule has 0 aromatic heterocycles. The average molecular weight is 835 g/mol. The quantitative estimate of drug-likeness (QED) is 0.146. The molecule has 13 rings (SSSR count). The van der Waals surface area contributed by atoms with E-state index in [1.54, 1.807) is 0 Å². The molecular formula is C66H42. The molecule has 0 spiro atoms. The van der Waals surface area contributed by atoms with Crippen LogP contribution in [0, 0.1) is 0 Å². The summed E-state index contributed by atoms with van der Waals surface area (Å²) in [6.07, 6.45) is 0. The molecule has 306 valence electrons. The molecule has 13 aromatic rings. The van der Waals surface area contributed by atoms with Gasteiger partial charge in [-0.05, 0) is 180 Å². The Hall–Kier alpha value is -8.58. The third-order valence-electron chi connectivity index (χ3n) is 13.8. The number of benzene rings is 13. The third-order valence-corrected chi connectivity index (χ3v) is 13.8. The lowest BCUT2D eigenvalue weighted by atomic mass is 9.83. The molecule has 0 saturated heterocycles. The van der Waals surface area contributed by atoms with E-state index in [0.717, 1.165) is 0 Å². The van der Waals surface area contributed by atoms with Gasteiger partial charge in [-0.1, -0.05) is 206 Å². The smallest absolute Gasteiger partial charge is 0.00259 e. The highest BCUT2D eigenvalue weighted by Crippen LogP contribution is 2.47. The topological polar surface area (TPSA) is 0 Å². The van der Waals surface area contributed by atoms with Gasteiger partial charge in [0.2, 0.25) is 0 Å². The Kier molecular flexibility index (Phi) is 8.96. The van der Waals surface area contributed by atoms with Crippen LogP contribution in [-0.2, 0) is 0 Å². The SMILES string of the molecule is c1ccc(-c2ccc3cc(-c4ccc5c(-c6ccc7ccccc7c6)c6cc(-c7ccc8cc(-c9ccccc9)ccc8c7)ccc6c(-c6ccc7ccccc7c6)c5c4)ccc3c2)cc1. The molecule has 0 N–H and O–H groups in total. The summed E-state index contributed by atoms with van der Waals surface area (Å²) in [5.41, 5.74) is 14.7. The molecule has 0 radical (unpaired) electrons. The van der Waals surface area contributed by atoms with Gasteiger partial charge in [0.05, 0.1) is 0 Å². The van der Waals surface area contributed by atoms with Crippen molar-refractivity contribution in [2.24, 2.45) is 0 Å². The van der Waals surface area contributed by atoms with Crippen molar-refractivity contribution < 1.29 is 0 Å². The standard InChI is InChI=1S/C66H42/c1-3-11-43(12-4-1)49-21-23-53-37-55(27-25-51(53)35-49)57-31-33-61-63(41-57)65(59-29-19-45-15-7-9-17-47(45)39-59)62-34-32-58(42-64(62)66(61)60-30-20-46-16-8-10-18-48(46)40-60)56-28-26-52-36-50(22-24-54(52)38-56)44-13-5-2-6-14-44/h1-42H. The molecule has 0 nitrogen and oxygen atoms in total. The van der Waals surface area contributed by atoms with E-state index in [1.807, 2.05) is 0 Å². The van der Waals surface area contributed by atoms with E-state index in [-0.39, 0.29) is 0 Å². The van der Waals surface area contributed by atoms with Crippen molar-refractivity contribution in [1.82, 2.24) is 0 Å². The van der Waals surface area contributed by atoms with Crippen LogP contribution < -0.4 is 0 Å². The first kappa shape index (κ1) is 37.9. The van der Waals surface area contributed by atoms with E-state index in [1.165, 1.54) is 131 Å². The largest absolute Gasteiger partial charge is 0.0622 e. The summed E-state index contributed by atoms with van der Waals surface area (Å²) in [4.78, 5) is 0. The van der Waals surface area contributed by atoms with Crippen LogP contribution in [0.3, 0.4) is 0 Å². The summed E-state index contributed by atoms with van der Waals surface area (Å²) < 4.78 is 0. The monoisotopic (exact) mass is 834 g/mol. The Labute approximate surface area is 384 Å². The number of hydrogen-bond acceptors (Lipinski definition) is 0. The van der Waals surface area contributed by atoms with Crippen molar-refractivity contribution in [2.75, 3.05) is 0 Å². The van der Waals surface area contributed by atoms with Crippen LogP contribution >= 0.6 is 0 Å². The lowest BCUT2D eigenvalue weighted by Gasteiger charge is -2.20. The summed E-state index contributed by atoms with van der Waals surface area (Å²) in [6.45, 7) is 0. The zero-order valence-electron chi connectivity index (χ0n) is 36.2. The zero-order valence-corrected chi connectivity index (χ0v) is 36.2. The Balaban J connectivity index is 1.04. The molecule has 0 atom stereocenters. The van der Waals surface area contributed by atoms with E-state index in [2.05, 4.69) is 255 Å². The highest BCUT2D eigenvalue weighted by Gasteiger charge is 2.20. The van der Waals surface area contributed by atoms with Crippen LogP contribution in [0.25, 0.3) is 131 Å². The van der Waals surface area contributed by atoms with Crippen molar-refractivity contribution in [3.8, 4) is 66.8 Å². The summed E-state index contributed by atoms with van der Waals surface area (Å²) >= 11 is 0. The van der Waals surface area contributed by atoms with Gasteiger partial charge in [0.25, 0.3) is 0 Å². The van der Waals surface area contributed by atoms with Gasteiger partial charge in [-0.25, -0.2) is 0 Å². The molecule has 0 amide bonds. The van der Waals surface area contributed by atoms with E-state index < -0.39 is 0 Å². The number of rotatable bonds is 6. The Morgan fingerprint density at radius 1 is 0.136 bits per heavy atom. The highest BCUT2D eigenvalue weighted by atomic mass is 14.2. The lowest BCUT2D eigenvalue weighted by molar-refractivity contribution is 1.63. The van der Waals surface area contributed by atoms with Crippen molar-refractivity contribution in [2.45, 2.75) is 0 Å². The van der Waals surface area contributed by atoms with Crippen LogP contribution in [0.15, 0.2) is 255 Å². The van der Waals surface area contributed by atoms with Gasteiger partial charge in [0.15, 0.2) is 0 Å². The Morgan fingerprint density at radius 3 is 0.788 bits per heavy atom. The van der Waals surface area contributed by atoms with E-state index >= 15 is 0 Å². The van der Waals surface area contributed by atoms with E-state index in [9.17, 15) is 0 Å². The maximum absolute atomic E-state index is 2.45. The van der Waals surface area contributed by atoms with Crippen molar-refractivity contribution in [3.63, 3.8) is 0 Å². The molecule has 0 saturated carbocycles. The second-order valence-corrected chi connectivity index (χ2v) is 17.7. The molecule has 13 aromatic carbocycles. The first-order valence-electron chi connectivity index (χ1n) is 22.9. The van der Waals surface area contributed by atoms with Gasteiger partial charge in [-0.15, -0.1) is 0 Å². The highest BCUT2D eigenvalue weighted by molar-refractivity contribution is 6.23. The molecule has 0 fully saturated rings.